The maximum Gasteiger partial charge on any atom is 0.341 e. The molecule has 2 aromatic rings. The highest BCUT2D eigenvalue weighted by molar-refractivity contribution is 5.90. The van der Waals surface area contributed by atoms with Crippen molar-refractivity contribution in [2.24, 2.45) is 0 Å². The average Bonchev–Trinajstić information content (AvgIpc) is 2.47. The largest absolute Gasteiger partial charge is 0.477 e. The first-order chi connectivity index (χ1) is 9.70. The van der Waals surface area contributed by atoms with Crippen LogP contribution in [0.3, 0.4) is 0 Å². The number of aromatic nitrogens is 2. The van der Waals surface area contributed by atoms with Crippen LogP contribution in [0.25, 0.3) is 0 Å². The quantitative estimate of drug-likeness (QED) is 0.869. The van der Waals surface area contributed by atoms with E-state index in [-0.39, 0.29) is 11.4 Å². The van der Waals surface area contributed by atoms with E-state index in [9.17, 15) is 4.79 Å². The highest BCUT2D eigenvalue weighted by Gasteiger charge is 2.13. The van der Waals surface area contributed by atoms with Gasteiger partial charge in [-0.2, -0.15) is 5.10 Å². The zero-order chi connectivity index (χ0) is 14.4. The molecule has 0 saturated heterocycles. The third kappa shape index (κ3) is 3.52. The molecule has 0 aliphatic heterocycles. The van der Waals surface area contributed by atoms with Gasteiger partial charge in [-0.05, 0) is 30.2 Å². The Kier molecular flexibility index (Phi) is 4.62. The maximum atomic E-state index is 11.0. The van der Waals surface area contributed by atoms with E-state index in [0.29, 0.717) is 12.4 Å². The molecule has 1 aromatic heterocycles. The van der Waals surface area contributed by atoms with Crippen LogP contribution in [0.15, 0.2) is 36.5 Å². The lowest BCUT2D eigenvalue weighted by Crippen LogP contribution is -2.03. The van der Waals surface area contributed by atoms with Gasteiger partial charge in [0.05, 0.1) is 12.8 Å². The molecule has 0 spiro atoms. The molecule has 0 radical (unpaired) electrons. The lowest BCUT2D eigenvalue weighted by atomic mass is 10.1. The van der Waals surface area contributed by atoms with E-state index in [4.69, 9.17) is 14.6 Å². The molecule has 1 N–H and O–H groups in total. The number of nitrogens with zero attached hydrogens (tertiary/aromatic N) is 2. The van der Waals surface area contributed by atoms with Crippen molar-refractivity contribution >= 4 is 5.97 Å². The van der Waals surface area contributed by atoms with E-state index in [1.807, 2.05) is 12.1 Å². The molecule has 20 heavy (non-hydrogen) atoms. The SMILES string of the molecule is COCCc1ccc(Oc2nnccc2C(=O)O)cc1. The van der Waals surface area contributed by atoms with E-state index >= 15 is 0 Å². The fourth-order valence-corrected chi connectivity index (χ4v) is 1.61. The standard InChI is InChI=1S/C14H14N2O4/c1-19-9-7-10-2-4-11(5-3-10)20-13-12(14(17)18)6-8-15-16-13/h2-6,8H,7,9H2,1H3,(H,17,18). The molecule has 0 aliphatic carbocycles. The van der Waals surface area contributed by atoms with Crippen molar-refractivity contribution in [3.05, 3.63) is 47.7 Å². The Bertz CT molecular complexity index is 584. The molecule has 0 atom stereocenters. The Labute approximate surface area is 116 Å². The van der Waals surface area contributed by atoms with Crippen molar-refractivity contribution in [3.63, 3.8) is 0 Å². The molecule has 0 unspecified atom stereocenters. The number of hydrogen-bond acceptors (Lipinski definition) is 5. The van der Waals surface area contributed by atoms with Crippen molar-refractivity contribution < 1.29 is 19.4 Å². The van der Waals surface area contributed by atoms with Gasteiger partial charge in [0, 0.05) is 7.11 Å². The summed E-state index contributed by atoms with van der Waals surface area (Å²) >= 11 is 0. The second-order valence-electron chi connectivity index (χ2n) is 4.04. The van der Waals surface area contributed by atoms with E-state index in [0.717, 1.165) is 12.0 Å². The Hall–Kier alpha value is -2.47. The minimum absolute atomic E-state index is 0.0235. The van der Waals surface area contributed by atoms with Crippen LogP contribution in [0.5, 0.6) is 11.6 Å². The first-order valence-corrected chi connectivity index (χ1v) is 6.01. The number of methoxy groups -OCH3 is 1. The molecule has 0 fully saturated rings. The number of carbonyl (C=O) groups is 1. The van der Waals surface area contributed by atoms with Crippen LogP contribution in [0.1, 0.15) is 15.9 Å². The van der Waals surface area contributed by atoms with Crippen molar-refractivity contribution in [2.75, 3.05) is 13.7 Å². The molecule has 6 heteroatoms. The summed E-state index contributed by atoms with van der Waals surface area (Å²) in [6.45, 7) is 0.646. The number of ether oxygens (including phenoxy) is 2. The fraction of sp³-hybridized carbons (Fsp3) is 0.214. The third-order valence-electron chi connectivity index (χ3n) is 2.65. The predicted octanol–water partition coefficient (Wildman–Crippen LogP) is 2.16. The van der Waals surface area contributed by atoms with Gasteiger partial charge in [-0.1, -0.05) is 12.1 Å². The van der Waals surface area contributed by atoms with Crippen LogP contribution in [-0.4, -0.2) is 35.0 Å². The number of rotatable bonds is 6. The molecule has 0 bridgehead atoms. The molecule has 0 aliphatic rings. The third-order valence-corrected chi connectivity index (χ3v) is 2.65. The number of hydrogen-bond donors (Lipinski definition) is 1. The van der Waals surface area contributed by atoms with Gasteiger partial charge >= 0.3 is 5.97 Å². The van der Waals surface area contributed by atoms with Crippen LogP contribution >= 0.6 is 0 Å². The Balaban J connectivity index is 2.12. The molecule has 104 valence electrons. The molecular weight excluding hydrogens is 260 g/mol. The van der Waals surface area contributed by atoms with E-state index in [2.05, 4.69) is 10.2 Å². The van der Waals surface area contributed by atoms with Crippen molar-refractivity contribution in [3.8, 4) is 11.6 Å². The van der Waals surface area contributed by atoms with Gasteiger partial charge in [0.25, 0.3) is 5.88 Å². The Morgan fingerprint density at radius 2 is 2.00 bits per heavy atom. The summed E-state index contributed by atoms with van der Waals surface area (Å²) in [5, 5.41) is 16.3. The molecule has 0 saturated carbocycles. The first-order valence-electron chi connectivity index (χ1n) is 6.01. The highest BCUT2D eigenvalue weighted by Crippen LogP contribution is 2.22. The van der Waals surface area contributed by atoms with Gasteiger partial charge in [-0.25, -0.2) is 4.79 Å². The summed E-state index contributed by atoms with van der Waals surface area (Å²) in [7, 11) is 1.65. The number of benzene rings is 1. The molecular formula is C14H14N2O4. The van der Waals surface area contributed by atoms with Crippen LogP contribution in [-0.2, 0) is 11.2 Å². The lowest BCUT2D eigenvalue weighted by molar-refractivity contribution is 0.0693. The second kappa shape index (κ2) is 6.63. The molecule has 0 amide bonds. The lowest BCUT2D eigenvalue weighted by Gasteiger charge is -2.07. The van der Waals surface area contributed by atoms with Gasteiger partial charge < -0.3 is 14.6 Å². The number of carboxylic acid groups (broad SMARTS) is 1. The molecule has 2 rings (SSSR count). The average molecular weight is 274 g/mol. The van der Waals surface area contributed by atoms with Crippen LogP contribution in [0, 0.1) is 0 Å². The number of carboxylic acids is 1. The van der Waals surface area contributed by atoms with Gasteiger partial charge in [-0.3, -0.25) is 0 Å². The van der Waals surface area contributed by atoms with Crippen molar-refractivity contribution in [1.82, 2.24) is 10.2 Å². The van der Waals surface area contributed by atoms with Gasteiger partial charge in [0.1, 0.15) is 11.3 Å². The zero-order valence-corrected chi connectivity index (χ0v) is 10.9. The second-order valence-corrected chi connectivity index (χ2v) is 4.04. The van der Waals surface area contributed by atoms with Crippen LogP contribution in [0.4, 0.5) is 0 Å². The fourth-order valence-electron chi connectivity index (χ4n) is 1.61. The van der Waals surface area contributed by atoms with E-state index in [1.54, 1.807) is 19.2 Å². The van der Waals surface area contributed by atoms with E-state index < -0.39 is 5.97 Å². The normalized spacial score (nSPS) is 10.2. The first kappa shape index (κ1) is 14.0. The molecule has 6 nitrogen and oxygen atoms in total. The minimum atomic E-state index is -1.10. The maximum absolute atomic E-state index is 11.0. The van der Waals surface area contributed by atoms with Crippen LogP contribution < -0.4 is 4.74 Å². The summed E-state index contributed by atoms with van der Waals surface area (Å²) in [6, 6.07) is 8.64. The Morgan fingerprint density at radius 3 is 2.65 bits per heavy atom. The summed E-state index contributed by atoms with van der Waals surface area (Å²) < 4.78 is 10.4. The number of aromatic carboxylic acids is 1. The summed E-state index contributed by atoms with van der Waals surface area (Å²) in [5.74, 6) is -0.620. The van der Waals surface area contributed by atoms with Gasteiger partial charge in [0.2, 0.25) is 0 Å². The summed E-state index contributed by atoms with van der Waals surface area (Å²) in [5.41, 5.74) is 1.08. The molecule has 1 aromatic carbocycles. The van der Waals surface area contributed by atoms with Crippen LogP contribution in [0.2, 0.25) is 0 Å². The monoisotopic (exact) mass is 274 g/mol. The van der Waals surface area contributed by atoms with Crippen molar-refractivity contribution in [2.45, 2.75) is 6.42 Å². The zero-order valence-electron chi connectivity index (χ0n) is 10.9. The molecule has 1 heterocycles. The predicted molar refractivity (Wildman–Crippen MR) is 71.1 cm³/mol. The summed E-state index contributed by atoms with van der Waals surface area (Å²) in [6.07, 6.45) is 2.12. The highest BCUT2D eigenvalue weighted by atomic mass is 16.5. The Morgan fingerprint density at radius 1 is 1.25 bits per heavy atom. The van der Waals surface area contributed by atoms with Gasteiger partial charge in [0.15, 0.2) is 0 Å². The topological polar surface area (TPSA) is 81.5 Å². The van der Waals surface area contributed by atoms with Crippen molar-refractivity contribution in [1.29, 1.82) is 0 Å². The smallest absolute Gasteiger partial charge is 0.341 e. The van der Waals surface area contributed by atoms with E-state index in [1.165, 1.54) is 12.3 Å². The minimum Gasteiger partial charge on any atom is -0.477 e. The summed E-state index contributed by atoms with van der Waals surface area (Å²) in [4.78, 5) is 11.0. The van der Waals surface area contributed by atoms with Gasteiger partial charge in [-0.15, -0.1) is 5.10 Å².